The lowest BCUT2D eigenvalue weighted by Gasteiger charge is -2.11. The van der Waals surface area contributed by atoms with Crippen LogP contribution in [0.4, 0.5) is 52.7 Å². The van der Waals surface area contributed by atoms with Gasteiger partial charge in [-0.3, -0.25) is 0 Å². The number of carboxylic acids is 4. The van der Waals surface area contributed by atoms with Gasteiger partial charge in [-0.2, -0.15) is 0 Å². The van der Waals surface area contributed by atoms with Gasteiger partial charge >= 0.3 is 23.9 Å². The highest BCUT2D eigenvalue weighted by Crippen LogP contribution is 2.43. The van der Waals surface area contributed by atoms with Crippen LogP contribution in [0.2, 0.25) is 0 Å². The number of hydrogen-bond donors (Lipinski definition) is 6. The highest BCUT2D eigenvalue weighted by Gasteiger charge is 2.32. The van der Waals surface area contributed by atoms with E-state index in [1.165, 1.54) is 0 Å². The molecule has 72 heavy (non-hydrogen) atoms. The standard InChI is InChI=1S/C48H18F12N4O8/c49-17-9-13(37(53)41(57)33(17)45(65)66)29-21-1-2-22(61-21)30(14-10-18(50)34(46(67)68)42(58)38(14)54)24-5-6-26(63-24)32(16-12-20(52)36(48(71)72)44(60)40(16)56)28-8-7-27(64-28)31(25-4-3-23(29)62-25)15-11-19(51)35(47(69)70)43(59)39(15)55/h1-12,61,64H,(H,65,66)(H,67,68)(H,69,70)(H,71,72). The minimum atomic E-state index is -2.26. The number of carboxylic acid groups (broad SMARTS) is 4. The second-order valence-corrected chi connectivity index (χ2v) is 15.4. The molecule has 5 heterocycles. The van der Waals surface area contributed by atoms with E-state index in [-0.39, 0.29) is 24.3 Å². The first-order chi connectivity index (χ1) is 34.0. The van der Waals surface area contributed by atoms with Crippen LogP contribution in [0, 0.1) is 69.8 Å². The Balaban J connectivity index is 1.55. The van der Waals surface area contributed by atoms with Crippen molar-refractivity contribution < 1.29 is 92.3 Å². The summed E-state index contributed by atoms with van der Waals surface area (Å²) in [5, 5.41) is 37.8. The van der Waals surface area contributed by atoms with Crippen LogP contribution in [0.25, 0.3) is 90.9 Å². The molecule has 0 saturated carbocycles. The fraction of sp³-hybridized carbons (Fsp3) is 0. The molecule has 0 unspecified atom stereocenters. The van der Waals surface area contributed by atoms with E-state index in [4.69, 9.17) is 0 Å². The molecule has 0 amide bonds. The van der Waals surface area contributed by atoms with Gasteiger partial charge in [-0.25, -0.2) is 81.8 Å². The van der Waals surface area contributed by atoms with Gasteiger partial charge < -0.3 is 30.4 Å². The maximum Gasteiger partial charge on any atom is 0.341 e. The number of carbonyl (C=O) groups is 4. The highest BCUT2D eigenvalue weighted by molar-refractivity contribution is 6.02. The predicted octanol–water partition coefficient (Wildman–Crippen LogP) is 11.8. The van der Waals surface area contributed by atoms with Crippen LogP contribution >= 0.6 is 0 Å². The Kier molecular flexibility index (Phi) is 11.4. The normalized spacial score (nSPS) is 11.9. The van der Waals surface area contributed by atoms with Crippen LogP contribution in [0.15, 0.2) is 48.5 Å². The van der Waals surface area contributed by atoms with E-state index in [0.29, 0.717) is 0 Å². The zero-order valence-corrected chi connectivity index (χ0v) is 34.8. The molecule has 0 atom stereocenters. The van der Waals surface area contributed by atoms with Gasteiger partial charge in [-0.15, -0.1) is 0 Å². The molecular weight excluding hydrogens is 989 g/mol. The molecule has 6 N–H and O–H groups in total. The smallest absolute Gasteiger partial charge is 0.341 e. The van der Waals surface area contributed by atoms with Crippen molar-refractivity contribution in [2.24, 2.45) is 0 Å². The number of H-pyrrole nitrogens is 2. The number of aromatic nitrogens is 4. The van der Waals surface area contributed by atoms with Crippen molar-refractivity contribution in [3.63, 3.8) is 0 Å². The minimum Gasteiger partial charge on any atom is -0.477 e. The number of benzene rings is 4. The summed E-state index contributed by atoms with van der Waals surface area (Å²) in [6, 6.07) is 4.64. The molecule has 24 heteroatoms. The Morgan fingerprint density at radius 1 is 0.333 bits per heavy atom. The average Bonchev–Trinajstić information content (AvgIpc) is 4.15. The molecule has 4 aromatic carbocycles. The van der Waals surface area contributed by atoms with Crippen molar-refractivity contribution in [2.75, 3.05) is 0 Å². The quantitative estimate of drug-likeness (QED) is 0.0627. The summed E-state index contributed by atoms with van der Waals surface area (Å²) in [5.41, 5.74) is -19.2. The van der Waals surface area contributed by atoms with Crippen molar-refractivity contribution in [2.45, 2.75) is 0 Å². The molecule has 8 bridgehead atoms. The van der Waals surface area contributed by atoms with E-state index in [0.717, 1.165) is 48.6 Å². The molecule has 0 aliphatic carbocycles. The van der Waals surface area contributed by atoms with Crippen LogP contribution in [0.3, 0.4) is 0 Å². The van der Waals surface area contributed by atoms with Gasteiger partial charge in [0, 0.05) is 66.6 Å². The summed E-state index contributed by atoms with van der Waals surface area (Å²) in [7, 11) is 0. The van der Waals surface area contributed by atoms with E-state index >= 15 is 52.7 Å². The summed E-state index contributed by atoms with van der Waals surface area (Å²) in [6.45, 7) is 0. The summed E-state index contributed by atoms with van der Waals surface area (Å²) >= 11 is 0. The lowest BCUT2D eigenvalue weighted by molar-refractivity contribution is 0.0673. The molecule has 12 nitrogen and oxygen atoms in total. The fourth-order valence-electron chi connectivity index (χ4n) is 8.23. The van der Waals surface area contributed by atoms with Gasteiger partial charge in [0.05, 0.1) is 22.8 Å². The molecule has 3 aromatic heterocycles. The van der Waals surface area contributed by atoms with Crippen LogP contribution < -0.4 is 0 Å². The van der Waals surface area contributed by atoms with E-state index in [1.54, 1.807) is 0 Å². The maximum absolute atomic E-state index is 16.2. The monoisotopic (exact) mass is 1010 g/mol. The largest absolute Gasteiger partial charge is 0.477 e. The van der Waals surface area contributed by atoms with Crippen molar-refractivity contribution >= 4 is 70.2 Å². The zero-order chi connectivity index (χ0) is 52.1. The molecule has 0 radical (unpaired) electrons. The molecular formula is C48H18F12N4O8. The van der Waals surface area contributed by atoms with E-state index in [1.807, 2.05) is 0 Å². The van der Waals surface area contributed by atoms with Crippen molar-refractivity contribution in [1.82, 2.24) is 19.9 Å². The highest BCUT2D eigenvalue weighted by atomic mass is 19.2. The predicted molar refractivity (Wildman–Crippen MR) is 228 cm³/mol. The van der Waals surface area contributed by atoms with E-state index in [2.05, 4.69) is 19.9 Å². The SMILES string of the molecule is O=C(O)c1c(F)cc(-c2c3nc(c(-c4cc(F)c(C(=O)O)c(F)c4F)c4ccc([nH]4)c(-c4cc(F)c(C(=O)O)c(F)c4F)c4nc(c(-c5cc(F)c(C(=O)O)c(F)c5F)c5ccc2[nH]5)C=C4)C=C3)c(F)c1F. The van der Waals surface area contributed by atoms with E-state index in [9.17, 15) is 39.6 Å². The summed E-state index contributed by atoms with van der Waals surface area (Å²) < 4.78 is 189. The zero-order valence-electron chi connectivity index (χ0n) is 34.8. The number of nitrogens with zero attached hydrogens (tertiary/aromatic N) is 2. The third kappa shape index (κ3) is 7.37. The van der Waals surface area contributed by atoms with Crippen LogP contribution in [-0.4, -0.2) is 64.2 Å². The number of rotatable bonds is 8. The Morgan fingerprint density at radius 3 is 0.708 bits per heavy atom. The summed E-state index contributed by atoms with van der Waals surface area (Å²) in [4.78, 5) is 60.8. The topological polar surface area (TPSA) is 207 Å². The Labute approximate surface area is 389 Å². The van der Waals surface area contributed by atoms with E-state index < -0.39 is 205 Å². The summed E-state index contributed by atoms with van der Waals surface area (Å²) in [5.74, 6) is -33.8. The first-order valence-electron chi connectivity index (χ1n) is 19.8. The molecule has 7 aromatic rings. The summed E-state index contributed by atoms with van der Waals surface area (Å²) in [6.07, 6.45) is 3.71. The van der Waals surface area contributed by atoms with Crippen molar-refractivity contribution in [3.8, 4) is 44.5 Å². The second kappa shape index (κ2) is 17.2. The van der Waals surface area contributed by atoms with Crippen LogP contribution in [0.5, 0.6) is 0 Å². The molecule has 0 saturated heterocycles. The lowest BCUT2D eigenvalue weighted by Crippen LogP contribution is -2.09. The minimum absolute atomic E-state index is 0.206. The number of halogens is 12. The van der Waals surface area contributed by atoms with Crippen molar-refractivity contribution in [1.29, 1.82) is 0 Å². The molecule has 9 rings (SSSR count). The maximum atomic E-state index is 16.2. The van der Waals surface area contributed by atoms with Gasteiger partial charge in [0.15, 0.2) is 46.5 Å². The molecule has 2 aliphatic rings. The molecule has 362 valence electrons. The lowest BCUT2D eigenvalue weighted by atomic mass is 10.00. The van der Waals surface area contributed by atoms with Gasteiger partial charge in [0.1, 0.15) is 45.5 Å². The molecule has 0 spiro atoms. The first kappa shape index (κ1) is 47.6. The second-order valence-electron chi connectivity index (χ2n) is 15.4. The Morgan fingerprint density at radius 2 is 0.528 bits per heavy atom. The number of hydrogen-bond acceptors (Lipinski definition) is 6. The fourth-order valence-corrected chi connectivity index (χ4v) is 8.23. The number of aromatic carboxylic acids is 4. The number of fused-ring (bicyclic) bond motifs is 8. The third-order valence-electron chi connectivity index (χ3n) is 11.3. The van der Waals surface area contributed by atoms with Gasteiger partial charge in [-0.05, 0) is 72.8 Å². The average molecular weight is 1010 g/mol. The van der Waals surface area contributed by atoms with Crippen molar-refractivity contribution in [3.05, 3.63) is 163 Å². The van der Waals surface area contributed by atoms with Gasteiger partial charge in [0.2, 0.25) is 0 Å². The number of aromatic amines is 2. The molecule has 2 aliphatic heterocycles. The van der Waals surface area contributed by atoms with Crippen LogP contribution in [-0.2, 0) is 0 Å². The third-order valence-corrected chi connectivity index (χ3v) is 11.3. The van der Waals surface area contributed by atoms with Gasteiger partial charge in [-0.1, -0.05) is 0 Å². The number of nitrogens with one attached hydrogen (secondary N) is 2. The van der Waals surface area contributed by atoms with Gasteiger partial charge in [0.25, 0.3) is 0 Å². The van der Waals surface area contributed by atoms with Crippen LogP contribution in [0.1, 0.15) is 64.2 Å². The Bertz CT molecular complexity index is 3450. The first-order valence-corrected chi connectivity index (χ1v) is 19.8. The Hall–Kier alpha value is -9.48. The molecule has 0 fully saturated rings.